The van der Waals surface area contributed by atoms with Gasteiger partial charge in [-0.2, -0.15) is 4.31 Å². The summed E-state index contributed by atoms with van der Waals surface area (Å²) in [6.45, 7) is 5.19. The Morgan fingerprint density at radius 3 is 2.73 bits per heavy atom. The number of nitrogens with one attached hydrogen (secondary N) is 1. The van der Waals surface area contributed by atoms with E-state index in [0.717, 1.165) is 17.7 Å². The number of hydrogen-bond donors (Lipinski definition) is 1. The van der Waals surface area contributed by atoms with E-state index in [1.807, 2.05) is 6.92 Å². The Hall–Kier alpha value is -3.18. The van der Waals surface area contributed by atoms with Crippen LogP contribution >= 0.6 is 0 Å². The van der Waals surface area contributed by atoms with Crippen LogP contribution in [0.5, 0.6) is 5.75 Å². The number of aromatic nitrogens is 3. The fourth-order valence-corrected chi connectivity index (χ4v) is 5.38. The van der Waals surface area contributed by atoms with Crippen LogP contribution in [0.4, 0.5) is 5.69 Å². The molecule has 2 heterocycles. The summed E-state index contributed by atoms with van der Waals surface area (Å²) in [5.74, 6) is 0.640. The van der Waals surface area contributed by atoms with Gasteiger partial charge in [0.25, 0.3) is 5.91 Å². The number of carbonyl (C=O) groups excluding carboxylic acids is 1. The first-order chi connectivity index (χ1) is 15.9. The van der Waals surface area contributed by atoms with Gasteiger partial charge in [-0.15, -0.1) is 5.10 Å². The molecule has 0 bridgehead atoms. The summed E-state index contributed by atoms with van der Waals surface area (Å²) in [5.41, 5.74) is 1.43. The number of fused-ring (bicyclic) bond motifs is 1. The first kappa shape index (κ1) is 23.0. The molecule has 1 aliphatic heterocycles. The summed E-state index contributed by atoms with van der Waals surface area (Å²) < 4.78 is 33.1. The SMILES string of the molecule is CCOc1ccc(NC(=O)COn2nnc3ccc(S(=O)(=O)N4CCCC(C)C4)cc32)cc1. The molecule has 0 radical (unpaired) electrons. The Morgan fingerprint density at radius 2 is 2.00 bits per heavy atom. The van der Waals surface area contributed by atoms with Crippen molar-refractivity contribution in [2.24, 2.45) is 5.92 Å². The summed E-state index contributed by atoms with van der Waals surface area (Å²) in [5, 5.41) is 10.6. The van der Waals surface area contributed by atoms with Crippen LogP contribution in [0.15, 0.2) is 47.4 Å². The van der Waals surface area contributed by atoms with Crippen LogP contribution in [-0.2, 0) is 14.8 Å². The van der Waals surface area contributed by atoms with E-state index in [1.165, 1.54) is 16.4 Å². The van der Waals surface area contributed by atoms with Gasteiger partial charge in [0.15, 0.2) is 6.61 Å². The van der Waals surface area contributed by atoms with Crippen molar-refractivity contribution in [3.63, 3.8) is 0 Å². The van der Waals surface area contributed by atoms with Crippen LogP contribution in [0, 0.1) is 5.92 Å². The Kier molecular flexibility index (Phi) is 6.80. The summed E-state index contributed by atoms with van der Waals surface area (Å²) in [6, 6.07) is 11.6. The van der Waals surface area contributed by atoms with Crippen LogP contribution in [0.25, 0.3) is 11.0 Å². The minimum Gasteiger partial charge on any atom is -0.494 e. The number of hydrogen-bond acceptors (Lipinski definition) is 7. The van der Waals surface area contributed by atoms with Crippen LogP contribution in [-0.4, -0.2) is 60.1 Å². The largest absolute Gasteiger partial charge is 0.494 e. The van der Waals surface area contributed by atoms with E-state index in [2.05, 4.69) is 22.6 Å². The summed E-state index contributed by atoms with van der Waals surface area (Å²) in [7, 11) is -3.64. The second-order valence-corrected chi connectivity index (χ2v) is 9.94. The number of amides is 1. The summed E-state index contributed by atoms with van der Waals surface area (Å²) in [6.07, 6.45) is 1.86. The van der Waals surface area contributed by atoms with Crippen molar-refractivity contribution in [3.05, 3.63) is 42.5 Å². The minimum absolute atomic E-state index is 0.148. The molecule has 33 heavy (non-hydrogen) atoms. The van der Waals surface area contributed by atoms with Crippen molar-refractivity contribution < 1.29 is 22.8 Å². The van der Waals surface area contributed by atoms with Crippen molar-refractivity contribution in [1.29, 1.82) is 0 Å². The second kappa shape index (κ2) is 9.75. The van der Waals surface area contributed by atoms with Gasteiger partial charge in [0.2, 0.25) is 10.0 Å². The molecule has 1 amide bonds. The fourth-order valence-electron chi connectivity index (χ4n) is 3.77. The number of sulfonamides is 1. The molecule has 0 saturated carbocycles. The third-order valence-electron chi connectivity index (χ3n) is 5.41. The van der Waals surface area contributed by atoms with Gasteiger partial charge in [-0.25, -0.2) is 8.42 Å². The highest BCUT2D eigenvalue weighted by atomic mass is 32.2. The van der Waals surface area contributed by atoms with Gasteiger partial charge < -0.3 is 14.9 Å². The lowest BCUT2D eigenvalue weighted by atomic mass is 10.0. The molecule has 1 N–H and O–H groups in total. The number of ether oxygens (including phenoxy) is 1. The van der Waals surface area contributed by atoms with Crippen molar-refractivity contribution in [3.8, 4) is 5.75 Å². The zero-order chi connectivity index (χ0) is 23.4. The molecule has 1 unspecified atom stereocenters. The Morgan fingerprint density at radius 1 is 1.21 bits per heavy atom. The lowest BCUT2D eigenvalue weighted by Gasteiger charge is -2.30. The molecule has 1 aromatic heterocycles. The lowest BCUT2D eigenvalue weighted by Crippen LogP contribution is -2.39. The lowest BCUT2D eigenvalue weighted by molar-refractivity contribution is -0.121. The van der Waals surface area contributed by atoms with Crippen molar-refractivity contribution >= 4 is 32.7 Å². The molecule has 0 spiro atoms. The average molecular weight is 474 g/mol. The molecular formula is C22H27N5O5S. The van der Waals surface area contributed by atoms with Crippen molar-refractivity contribution in [2.75, 3.05) is 31.6 Å². The van der Waals surface area contributed by atoms with Gasteiger partial charge in [-0.3, -0.25) is 4.79 Å². The number of nitrogens with zero attached hydrogens (tertiary/aromatic N) is 4. The standard InChI is InChI=1S/C22H27N5O5S/c1-3-31-18-8-6-17(7-9-18)23-22(28)15-32-27-21-13-19(10-11-20(21)24-25-27)33(29,30)26-12-4-5-16(2)14-26/h6-11,13,16H,3-5,12,14-15H2,1-2H3,(H,23,28). The highest BCUT2D eigenvalue weighted by molar-refractivity contribution is 7.89. The summed E-state index contributed by atoms with van der Waals surface area (Å²) >= 11 is 0. The third-order valence-corrected chi connectivity index (χ3v) is 7.27. The van der Waals surface area contributed by atoms with E-state index in [4.69, 9.17) is 9.57 Å². The van der Waals surface area contributed by atoms with E-state index in [1.54, 1.807) is 30.3 Å². The maximum Gasteiger partial charge on any atom is 0.265 e. The maximum absolute atomic E-state index is 13.1. The fraction of sp³-hybridized carbons (Fsp3) is 0.409. The Bertz CT molecular complexity index is 1230. The maximum atomic E-state index is 13.1. The molecule has 1 aliphatic rings. The van der Waals surface area contributed by atoms with Gasteiger partial charge in [0.05, 0.1) is 11.5 Å². The summed E-state index contributed by atoms with van der Waals surface area (Å²) in [4.78, 5) is 19.0. The van der Waals surface area contributed by atoms with E-state index >= 15 is 0 Å². The van der Waals surface area contributed by atoms with Crippen LogP contribution < -0.4 is 14.9 Å². The molecule has 0 aliphatic carbocycles. The average Bonchev–Trinajstić information content (AvgIpc) is 3.21. The van der Waals surface area contributed by atoms with E-state index < -0.39 is 15.9 Å². The van der Waals surface area contributed by atoms with Crippen LogP contribution in [0.3, 0.4) is 0 Å². The Labute approximate surface area is 192 Å². The molecule has 1 fully saturated rings. The van der Waals surface area contributed by atoms with E-state index in [0.29, 0.717) is 48.1 Å². The molecule has 2 aromatic carbocycles. The number of benzene rings is 2. The molecular weight excluding hydrogens is 446 g/mol. The highest BCUT2D eigenvalue weighted by Crippen LogP contribution is 2.25. The monoisotopic (exact) mass is 473 g/mol. The smallest absolute Gasteiger partial charge is 0.265 e. The normalized spacial score (nSPS) is 17.1. The zero-order valence-corrected chi connectivity index (χ0v) is 19.4. The Balaban J connectivity index is 1.44. The first-order valence-corrected chi connectivity index (χ1v) is 12.3. The number of piperidine rings is 1. The van der Waals surface area contributed by atoms with Gasteiger partial charge in [0.1, 0.15) is 16.8 Å². The molecule has 1 saturated heterocycles. The van der Waals surface area contributed by atoms with E-state index in [9.17, 15) is 13.2 Å². The molecule has 10 nitrogen and oxygen atoms in total. The number of carbonyl (C=O) groups is 1. The molecule has 4 rings (SSSR count). The predicted octanol–water partition coefficient (Wildman–Crippen LogP) is 2.32. The number of anilines is 1. The third kappa shape index (κ3) is 5.25. The zero-order valence-electron chi connectivity index (χ0n) is 18.6. The second-order valence-electron chi connectivity index (χ2n) is 8.00. The predicted molar refractivity (Wildman–Crippen MR) is 122 cm³/mol. The quantitative estimate of drug-likeness (QED) is 0.534. The molecule has 1 atom stereocenters. The van der Waals surface area contributed by atoms with Gasteiger partial charge in [-0.05, 0) is 73.4 Å². The molecule has 176 valence electrons. The van der Waals surface area contributed by atoms with Gasteiger partial charge in [0, 0.05) is 18.8 Å². The first-order valence-electron chi connectivity index (χ1n) is 10.9. The highest BCUT2D eigenvalue weighted by Gasteiger charge is 2.29. The molecule has 3 aromatic rings. The minimum atomic E-state index is -3.64. The number of rotatable bonds is 8. The van der Waals surface area contributed by atoms with E-state index in [-0.39, 0.29) is 11.5 Å². The molecule has 11 heteroatoms. The van der Waals surface area contributed by atoms with Gasteiger partial charge >= 0.3 is 0 Å². The van der Waals surface area contributed by atoms with Crippen LogP contribution in [0.1, 0.15) is 26.7 Å². The van der Waals surface area contributed by atoms with Gasteiger partial charge in [-0.1, -0.05) is 11.8 Å². The topological polar surface area (TPSA) is 116 Å². The van der Waals surface area contributed by atoms with Crippen molar-refractivity contribution in [1.82, 2.24) is 19.5 Å². The van der Waals surface area contributed by atoms with Crippen molar-refractivity contribution in [2.45, 2.75) is 31.6 Å². The van der Waals surface area contributed by atoms with Crippen LogP contribution in [0.2, 0.25) is 0 Å².